The molecule has 0 spiro atoms. The van der Waals surface area contributed by atoms with Crippen LogP contribution in [0.4, 0.5) is 0 Å². The minimum absolute atomic E-state index is 0.0563. The van der Waals surface area contributed by atoms with Crippen molar-refractivity contribution in [3.05, 3.63) is 96.4 Å². The molecule has 180 valence electrons. The maximum absolute atomic E-state index is 12.0. The fraction of sp³-hybridized carbons (Fsp3) is 0.433. The first-order valence-corrected chi connectivity index (χ1v) is 12.5. The number of aliphatic hydroxyl groups excluding tert-OH is 1. The van der Waals surface area contributed by atoms with Gasteiger partial charge >= 0.3 is 0 Å². The van der Waals surface area contributed by atoms with E-state index in [4.69, 9.17) is 5.11 Å². The van der Waals surface area contributed by atoms with E-state index in [2.05, 4.69) is 84.8 Å². The summed E-state index contributed by atoms with van der Waals surface area (Å²) >= 11 is 0. The minimum Gasteiger partial charge on any atom is -0.390 e. The molecule has 0 aliphatic heterocycles. The molecular formula is C30H43NO2. The van der Waals surface area contributed by atoms with E-state index < -0.39 is 0 Å². The Balaban J connectivity index is 1.94. The number of ketones is 1. The Hall–Kier alpha value is -2.65. The highest BCUT2D eigenvalue weighted by atomic mass is 16.3. The predicted molar refractivity (Wildman–Crippen MR) is 142 cm³/mol. The van der Waals surface area contributed by atoms with Gasteiger partial charge in [-0.15, -0.1) is 0 Å². The second kappa shape index (κ2) is 21.2. The first-order chi connectivity index (χ1) is 16.3. The molecule has 0 unspecified atom stereocenters. The number of rotatable bonds is 19. The Labute approximate surface area is 201 Å². The third-order valence-electron chi connectivity index (χ3n) is 5.09. The Bertz CT molecular complexity index is 790. The van der Waals surface area contributed by atoms with Crippen LogP contribution in [0.15, 0.2) is 85.0 Å². The van der Waals surface area contributed by atoms with Gasteiger partial charge in [0.05, 0.1) is 12.3 Å². The molecule has 0 saturated carbocycles. The Kier molecular flexibility index (Phi) is 18.2. The smallest absolute Gasteiger partial charge is 0.179 e. The van der Waals surface area contributed by atoms with Crippen molar-refractivity contribution in [1.82, 2.24) is 4.98 Å². The summed E-state index contributed by atoms with van der Waals surface area (Å²) in [6.45, 7) is 2.10. The molecule has 33 heavy (non-hydrogen) atoms. The number of Topliss-reactive ketones (excluding diaryl/α,β-unsaturated/α-hetero) is 1. The Morgan fingerprint density at radius 1 is 0.727 bits per heavy atom. The van der Waals surface area contributed by atoms with Crippen LogP contribution in [-0.2, 0) is 6.61 Å². The summed E-state index contributed by atoms with van der Waals surface area (Å²) in [7, 11) is 0. The van der Waals surface area contributed by atoms with Gasteiger partial charge < -0.3 is 10.1 Å². The summed E-state index contributed by atoms with van der Waals surface area (Å²) in [5.41, 5.74) is 1.30. The number of H-pyrrole nitrogens is 1. The molecule has 0 aliphatic rings. The fourth-order valence-electron chi connectivity index (χ4n) is 3.19. The Morgan fingerprint density at radius 2 is 1.24 bits per heavy atom. The van der Waals surface area contributed by atoms with Crippen molar-refractivity contribution in [2.75, 3.05) is 0 Å². The van der Waals surface area contributed by atoms with E-state index in [1.807, 2.05) is 0 Å². The molecule has 3 heteroatoms. The lowest BCUT2D eigenvalue weighted by Gasteiger charge is -1.99. The summed E-state index contributed by atoms with van der Waals surface area (Å²) in [5, 5.41) is 9.03. The maximum Gasteiger partial charge on any atom is 0.179 e. The molecule has 1 aromatic heterocycles. The number of carbonyl (C=O) groups excluding carboxylic acids is 1. The normalized spacial score (nSPS) is 12.8. The first-order valence-electron chi connectivity index (χ1n) is 12.5. The van der Waals surface area contributed by atoms with Crippen molar-refractivity contribution in [2.24, 2.45) is 0 Å². The van der Waals surface area contributed by atoms with Crippen LogP contribution in [0.2, 0.25) is 0 Å². The van der Waals surface area contributed by atoms with Crippen LogP contribution in [-0.4, -0.2) is 15.9 Å². The van der Waals surface area contributed by atoms with E-state index >= 15 is 0 Å². The van der Waals surface area contributed by atoms with E-state index in [9.17, 15) is 4.79 Å². The van der Waals surface area contributed by atoms with Crippen LogP contribution in [0, 0.1) is 0 Å². The zero-order chi connectivity index (χ0) is 23.8. The fourth-order valence-corrected chi connectivity index (χ4v) is 3.19. The topological polar surface area (TPSA) is 53.1 Å². The van der Waals surface area contributed by atoms with Crippen molar-refractivity contribution >= 4 is 5.78 Å². The molecule has 1 heterocycles. The average Bonchev–Trinajstić information content (AvgIpc) is 3.32. The molecule has 0 bridgehead atoms. The lowest BCUT2D eigenvalue weighted by molar-refractivity contribution is 0.0974. The number of carbonyl (C=O) groups is 1. The van der Waals surface area contributed by atoms with Crippen molar-refractivity contribution in [2.45, 2.75) is 84.2 Å². The molecule has 3 nitrogen and oxygen atoms in total. The summed E-state index contributed by atoms with van der Waals surface area (Å²) in [6.07, 6.45) is 37.4. The SMILES string of the molecule is CCC=CCC=CCC=CCC=CCC=CCC=CCCCCCC(=O)c1ccc(CO)[nH]1. The van der Waals surface area contributed by atoms with E-state index in [-0.39, 0.29) is 12.4 Å². The van der Waals surface area contributed by atoms with Crippen LogP contribution in [0.25, 0.3) is 0 Å². The lowest BCUT2D eigenvalue weighted by Crippen LogP contribution is -1.99. The first kappa shape index (κ1) is 28.4. The number of aromatic nitrogens is 1. The molecule has 0 radical (unpaired) electrons. The lowest BCUT2D eigenvalue weighted by atomic mass is 10.1. The summed E-state index contributed by atoms with van der Waals surface area (Å²) < 4.78 is 0. The quantitative estimate of drug-likeness (QED) is 0.127. The van der Waals surface area contributed by atoms with Crippen molar-refractivity contribution in [3.63, 3.8) is 0 Å². The van der Waals surface area contributed by atoms with Gasteiger partial charge in [-0.05, 0) is 69.9 Å². The van der Waals surface area contributed by atoms with E-state index in [0.29, 0.717) is 17.8 Å². The summed E-state index contributed by atoms with van der Waals surface area (Å²) in [5.74, 6) is 0.128. The van der Waals surface area contributed by atoms with Gasteiger partial charge in [-0.2, -0.15) is 0 Å². The van der Waals surface area contributed by atoms with E-state index in [0.717, 1.165) is 64.2 Å². The van der Waals surface area contributed by atoms with E-state index in [1.165, 1.54) is 0 Å². The number of aliphatic hydroxyl groups is 1. The zero-order valence-corrected chi connectivity index (χ0v) is 20.4. The van der Waals surface area contributed by atoms with Gasteiger partial charge in [-0.1, -0.05) is 86.3 Å². The monoisotopic (exact) mass is 449 g/mol. The standard InChI is InChI=1S/C30H43NO2/c1-2-3-4-5-6-7-8-9-10-11-12-13-14-15-16-17-18-19-20-21-22-23-24-30(33)29-26-25-28(27-32)31-29/h3-4,6-7,9-10,12-13,15-16,18-19,25-26,31-32H,2,5,8,11,14,17,20-24,27H2,1H3. The van der Waals surface area contributed by atoms with Crippen LogP contribution in [0.1, 0.15) is 93.7 Å². The van der Waals surface area contributed by atoms with E-state index in [1.54, 1.807) is 12.1 Å². The number of allylic oxidation sites excluding steroid dienone is 12. The maximum atomic E-state index is 12.0. The van der Waals surface area contributed by atoms with Crippen LogP contribution in [0.5, 0.6) is 0 Å². The highest BCUT2D eigenvalue weighted by Gasteiger charge is 2.07. The molecule has 0 atom stereocenters. The molecule has 1 aromatic rings. The number of aromatic amines is 1. The van der Waals surface area contributed by atoms with Gasteiger partial charge in [-0.25, -0.2) is 0 Å². The second-order valence-electron chi connectivity index (χ2n) is 7.99. The molecule has 0 fully saturated rings. The summed E-state index contributed by atoms with van der Waals surface area (Å²) in [6, 6.07) is 3.51. The average molecular weight is 450 g/mol. The van der Waals surface area contributed by atoms with Gasteiger partial charge in [0.25, 0.3) is 0 Å². The molecule has 0 amide bonds. The predicted octanol–water partition coefficient (Wildman–Crippen LogP) is 8.34. The van der Waals surface area contributed by atoms with Gasteiger partial charge in [0.2, 0.25) is 0 Å². The molecule has 1 rings (SSSR count). The van der Waals surface area contributed by atoms with Crippen LogP contribution < -0.4 is 0 Å². The minimum atomic E-state index is -0.0563. The van der Waals surface area contributed by atoms with Crippen molar-refractivity contribution in [3.8, 4) is 0 Å². The molecule has 0 aromatic carbocycles. The third kappa shape index (κ3) is 16.6. The van der Waals surface area contributed by atoms with Crippen LogP contribution >= 0.6 is 0 Å². The van der Waals surface area contributed by atoms with Crippen molar-refractivity contribution in [1.29, 1.82) is 0 Å². The molecule has 2 N–H and O–H groups in total. The van der Waals surface area contributed by atoms with Gasteiger partial charge in [0.1, 0.15) is 0 Å². The molecule has 0 saturated heterocycles. The summed E-state index contributed by atoms with van der Waals surface area (Å²) in [4.78, 5) is 15.0. The van der Waals surface area contributed by atoms with Gasteiger partial charge in [0, 0.05) is 12.1 Å². The number of unbranched alkanes of at least 4 members (excludes halogenated alkanes) is 3. The third-order valence-corrected chi connectivity index (χ3v) is 5.09. The highest BCUT2D eigenvalue weighted by Crippen LogP contribution is 2.10. The second-order valence-corrected chi connectivity index (χ2v) is 7.99. The van der Waals surface area contributed by atoms with Crippen molar-refractivity contribution < 1.29 is 9.90 Å². The van der Waals surface area contributed by atoms with Crippen LogP contribution in [0.3, 0.4) is 0 Å². The molecule has 0 aliphatic carbocycles. The molecular weight excluding hydrogens is 406 g/mol. The number of hydrogen-bond acceptors (Lipinski definition) is 2. The Morgan fingerprint density at radius 3 is 1.73 bits per heavy atom. The zero-order valence-electron chi connectivity index (χ0n) is 20.4. The van der Waals surface area contributed by atoms with Gasteiger partial charge in [0.15, 0.2) is 5.78 Å². The number of nitrogens with one attached hydrogen (secondary N) is 1. The van der Waals surface area contributed by atoms with Gasteiger partial charge in [-0.3, -0.25) is 4.79 Å². The number of hydrogen-bond donors (Lipinski definition) is 2. The highest BCUT2D eigenvalue weighted by molar-refractivity contribution is 5.94. The largest absolute Gasteiger partial charge is 0.390 e.